The number of rotatable bonds is 4. The van der Waals surface area contributed by atoms with Crippen molar-refractivity contribution in [3.8, 4) is 5.75 Å². The average molecular weight is 220 g/mol. The summed E-state index contributed by atoms with van der Waals surface area (Å²) in [4.78, 5) is 10.9. The first kappa shape index (κ1) is 12.3. The Bertz CT molecular complexity index is 419. The van der Waals surface area contributed by atoms with Crippen LogP contribution in [0.5, 0.6) is 5.75 Å². The fraction of sp³-hybridized carbons (Fsp3) is 0.308. The van der Waals surface area contributed by atoms with Gasteiger partial charge in [-0.05, 0) is 44.0 Å². The van der Waals surface area contributed by atoms with Crippen molar-refractivity contribution in [1.82, 2.24) is 0 Å². The second-order valence-electron chi connectivity index (χ2n) is 3.71. The Morgan fingerprint density at radius 1 is 1.50 bits per heavy atom. The Labute approximate surface area is 95.4 Å². The van der Waals surface area contributed by atoms with Crippen molar-refractivity contribution in [1.29, 1.82) is 0 Å². The molecule has 0 saturated heterocycles. The number of hydrogen-bond donors (Lipinski definition) is 1. The molecule has 3 heteroatoms. The minimum Gasteiger partial charge on any atom is -0.489 e. The van der Waals surface area contributed by atoms with E-state index in [0.717, 1.165) is 11.1 Å². The molecule has 1 rings (SSSR count). The topological polar surface area (TPSA) is 46.5 Å². The fourth-order valence-electron chi connectivity index (χ4n) is 1.20. The summed E-state index contributed by atoms with van der Waals surface area (Å²) in [7, 11) is 0. The number of carboxylic acid groups (broad SMARTS) is 1. The van der Waals surface area contributed by atoms with E-state index in [9.17, 15) is 4.79 Å². The number of benzene rings is 1. The standard InChI is InChI=1S/C13H16O3/c1-4-9(2)8-16-11-6-5-10(3)12(7-11)13(14)15/h4-7H,8H2,1-3H3,(H,14,15)/b9-4+. The Morgan fingerprint density at radius 3 is 2.75 bits per heavy atom. The van der Waals surface area contributed by atoms with Gasteiger partial charge in [-0.25, -0.2) is 4.79 Å². The molecule has 0 aliphatic heterocycles. The fourth-order valence-corrected chi connectivity index (χ4v) is 1.20. The highest BCUT2D eigenvalue weighted by Gasteiger charge is 2.08. The van der Waals surface area contributed by atoms with Crippen LogP contribution in [-0.4, -0.2) is 17.7 Å². The smallest absolute Gasteiger partial charge is 0.336 e. The molecule has 1 aromatic rings. The maximum atomic E-state index is 10.9. The van der Waals surface area contributed by atoms with Crippen molar-refractivity contribution >= 4 is 5.97 Å². The average Bonchev–Trinajstić information content (AvgIpc) is 2.27. The van der Waals surface area contributed by atoms with Crippen molar-refractivity contribution in [2.24, 2.45) is 0 Å². The van der Waals surface area contributed by atoms with E-state index < -0.39 is 5.97 Å². The van der Waals surface area contributed by atoms with E-state index in [1.165, 1.54) is 0 Å². The van der Waals surface area contributed by atoms with Gasteiger partial charge in [-0.1, -0.05) is 12.1 Å². The minimum absolute atomic E-state index is 0.288. The summed E-state index contributed by atoms with van der Waals surface area (Å²) in [6, 6.07) is 5.09. The van der Waals surface area contributed by atoms with E-state index in [1.54, 1.807) is 25.1 Å². The van der Waals surface area contributed by atoms with Gasteiger partial charge in [0.05, 0.1) is 5.56 Å². The maximum absolute atomic E-state index is 10.9. The van der Waals surface area contributed by atoms with Gasteiger partial charge in [0.25, 0.3) is 0 Å². The summed E-state index contributed by atoms with van der Waals surface area (Å²) in [5.41, 5.74) is 2.13. The molecular formula is C13H16O3. The highest BCUT2D eigenvalue weighted by atomic mass is 16.5. The Hall–Kier alpha value is -1.77. The molecule has 0 amide bonds. The number of carboxylic acids is 1. The molecule has 0 spiro atoms. The SMILES string of the molecule is C/C=C(\C)COc1ccc(C)c(C(=O)O)c1. The van der Waals surface area contributed by atoms with E-state index in [-0.39, 0.29) is 5.56 Å². The monoisotopic (exact) mass is 220 g/mol. The largest absolute Gasteiger partial charge is 0.489 e. The molecule has 0 bridgehead atoms. The van der Waals surface area contributed by atoms with Crippen LogP contribution in [-0.2, 0) is 0 Å². The van der Waals surface area contributed by atoms with Crippen molar-refractivity contribution in [2.45, 2.75) is 20.8 Å². The lowest BCUT2D eigenvalue weighted by atomic mass is 10.1. The van der Waals surface area contributed by atoms with Gasteiger partial charge in [0.1, 0.15) is 12.4 Å². The third kappa shape index (κ3) is 3.12. The second kappa shape index (κ2) is 5.35. The van der Waals surface area contributed by atoms with Gasteiger partial charge in [-0.2, -0.15) is 0 Å². The molecule has 0 atom stereocenters. The van der Waals surface area contributed by atoms with Gasteiger partial charge in [0, 0.05) is 0 Å². The van der Waals surface area contributed by atoms with Crippen LogP contribution < -0.4 is 4.74 Å². The van der Waals surface area contributed by atoms with Crippen LogP contribution in [0.2, 0.25) is 0 Å². The first-order valence-electron chi connectivity index (χ1n) is 5.13. The van der Waals surface area contributed by atoms with E-state index in [1.807, 2.05) is 19.9 Å². The number of aromatic carboxylic acids is 1. The number of aryl methyl sites for hydroxylation is 1. The number of ether oxygens (including phenoxy) is 1. The summed E-state index contributed by atoms with van der Waals surface area (Å²) >= 11 is 0. The molecule has 1 N–H and O–H groups in total. The predicted octanol–water partition coefficient (Wildman–Crippen LogP) is 3.04. The van der Waals surface area contributed by atoms with Crippen LogP contribution in [0.1, 0.15) is 29.8 Å². The maximum Gasteiger partial charge on any atom is 0.336 e. The Balaban J connectivity index is 2.83. The molecule has 0 saturated carbocycles. The molecule has 16 heavy (non-hydrogen) atoms. The molecular weight excluding hydrogens is 204 g/mol. The van der Waals surface area contributed by atoms with Gasteiger partial charge in [-0.3, -0.25) is 0 Å². The van der Waals surface area contributed by atoms with Gasteiger partial charge < -0.3 is 9.84 Å². The minimum atomic E-state index is -0.925. The van der Waals surface area contributed by atoms with Crippen molar-refractivity contribution in [3.05, 3.63) is 41.0 Å². The van der Waals surface area contributed by atoms with E-state index >= 15 is 0 Å². The van der Waals surface area contributed by atoms with Crippen LogP contribution in [0, 0.1) is 6.92 Å². The van der Waals surface area contributed by atoms with Gasteiger partial charge in [0.2, 0.25) is 0 Å². The normalized spacial score (nSPS) is 11.3. The van der Waals surface area contributed by atoms with Crippen molar-refractivity contribution in [2.75, 3.05) is 6.61 Å². The van der Waals surface area contributed by atoms with Gasteiger partial charge in [0.15, 0.2) is 0 Å². The van der Waals surface area contributed by atoms with Crippen LogP contribution >= 0.6 is 0 Å². The number of hydrogen-bond acceptors (Lipinski definition) is 2. The van der Waals surface area contributed by atoms with E-state index in [4.69, 9.17) is 9.84 Å². The molecule has 0 fully saturated rings. The quantitative estimate of drug-likeness (QED) is 0.793. The number of carbonyl (C=O) groups is 1. The first-order chi connectivity index (χ1) is 7.54. The molecule has 1 aromatic carbocycles. The van der Waals surface area contributed by atoms with Crippen molar-refractivity contribution in [3.63, 3.8) is 0 Å². The van der Waals surface area contributed by atoms with Crippen LogP contribution in [0.4, 0.5) is 0 Å². The molecule has 0 radical (unpaired) electrons. The lowest BCUT2D eigenvalue weighted by Gasteiger charge is -2.08. The zero-order chi connectivity index (χ0) is 12.1. The van der Waals surface area contributed by atoms with Crippen molar-refractivity contribution < 1.29 is 14.6 Å². The zero-order valence-electron chi connectivity index (χ0n) is 9.78. The first-order valence-corrected chi connectivity index (χ1v) is 5.13. The highest BCUT2D eigenvalue weighted by molar-refractivity contribution is 5.89. The van der Waals surface area contributed by atoms with Gasteiger partial charge in [-0.15, -0.1) is 0 Å². The van der Waals surface area contributed by atoms with Gasteiger partial charge >= 0.3 is 5.97 Å². The zero-order valence-corrected chi connectivity index (χ0v) is 9.78. The van der Waals surface area contributed by atoms with E-state index in [0.29, 0.717) is 12.4 Å². The van der Waals surface area contributed by atoms with E-state index in [2.05, 4.69) is 0 Å². The van der Waals surface area contributed by atoms with Crippen LogP contribution in [0.25, 0.3) is 0 Å². The van der Waals surface area contributed by atoms with Crippen LogP contribution in [0.15, 0.2) is 29.8 Å². The second-order valence-corrected chi connectivity index (χ2v) is 3.71. The lowest BCUT2D eigenvalue weighted by molar-refractivity contribution is 0.0695. The highest BCUT2D eigenvalue weighted by Crippen LogP contribution is 2.18. The predicted molar refractivity (Wildman–Crippen MR) is 63.1 cm³/mol. The summed E-state index contributed by atoms with van der Waals surface area (Å²) in [6.07, 6.45) is 1.96. The molecule has 0 aliphatic carbocycles. The number of allylic oxidation sites excluding steroid dienone is 1. The summed E-state index contributed by atoms with van der Waals surface area (Å²) in [5, 5.41) is 8.95. The molecule has 3 nitrogen and oxygen atoms in total. The lowest BCUT2D eigenvalue weighted by Crippen LogP contribution is -2.03. The van der Waals surface area contributed by atoms with Crippen LogP contribution in [0.3, 0.4) is 0 Å². The molecule has 0 heterocycles. The molecule has 86 valence electrons. The third-order valence-electron chi connectivity index (χ3n) is 2.40. The third-order valence-corrected chi connectivity index (χ3v) is 2.40. The summed E-state index contributed by atoms with van der Waals surface area (Å²) in [6.45, 7) is 6.16. The molecule has 0 aliphatic rings. The Kier molecular flexibility index (Phi) is 4.11. The summed E-state index contributed by atoms with van der Waals surface area (Å²) < 4.78 is 5.47. The summed E-state index contributed by atoms with van der Waals surface area (Å²) in [5.74, 6) is -0.338. The molecule has 0 unspecified atom stereocenters. The Morgan fingerprint density at radius 2 is 2.19 bits per heavy atom. The molecule has 0 aromatic heterocycles.